The number of amides is 2. The molecule has 3 N–H and O–H groups in total. The van der Waals surface area contributed by atoms with Crippen LogP contribution < -0.4 is 10.6 Å². The minimum atomic E-state index is -1.18. The van der Waals surface area contributed by atoms with Gasteiger partial charge in [-0.2, -0.15) is 0 Å². The molecule has 0 bridgehead atoms. The normalized spacial score (nSPS) is 12.6. The van der Waals surface area contributed by atoms with E-state index in [2.05, 4.69) is 21.5 Å². The molecule has 0 spiro atoms. The molecule has 0 saturated carbocycles. The molecule has 0 fully saturated rings. The molecular formula is C26H21N3O5. The lowest BCUT2D eigenvalue weighted by Crippen LogP contribution is -2.44. The van der Waals surface area contributed by atoms with Gasteiger partial charge in [0.15, 0.2) is 0 Å². The quantitative estimate of drug-likeness (QED) is 0.468. The average molecular weight is 455 g/mol. The molecule has 3 aromatic rings. The second-order valence-corrected chi connectivity index (χ2v) is 7.69. The Morgan fingerprint density at radius 3 is 2.32 bits per heavy atom. The van der Waals surface area contributed by atoms with Crippen LogP contribution in [0.1, 0.15) is 33.8 Å². The molecule has 1 aliphatic rings. The number of aromatic nitrogens is 1. The maximum atomic E-state index is 12.7. The van der Waals surface area contributed by atoms with Gasteiger partial charge in [0.05, 0.1) is 17.4 Å². The predicted molar refractivity (Wildman–Crippen MR) is 125 cm³/mol. The molecular weight excluding hydrogens is 434 g/mol. The molecule has 1 aliphatic carbocycles. The molecule has 4 rings (SSSR count). The smallest absolute Gasteiger partial charge is 0.407 e. The molecule has 2 aromatic carbocycles. The Morgan fingerprint density at radius 2 is 1.71 bits per heavy atom. The van der Waals surface area contributed by atoms with Crippen LogP contribution >= 0.6 is 0 Å². The number of hydrogen-bond acceptors (Lipinski definition) is 5. The van der Waals surface area contributed by atoms with E-state index in [0.29, 0.717) is 0 Å². The van der Waals surface area contributed by atoms with Crippen LogP contribution in [-0.4, -0.2) is 40.7 Å². The topological polar surface area (TPSA) is 118 Å². The lowest BCUT2D eigenvalue weighted by atomic mass is 9.98. The fourth-order valence-electron chi connectivity index (χ4n) is 3.96. The number of rotatable bonds is 7. The van der Waals surface area contributed by atoms with Crippen molar-refractivity contribution in [1.82, 2.24) is 10.3 Å². The van der Waals surface area contributed by atoms with Crippen molar-refractivity contribution >= 4 is 23.7 Å². The number of carbonyl (C=O) groups excluding carboxylic acids is 2. The highest BCUT2D eigenvalue weighted by Gasteiger charge is 2.29. The van der Waals surface area contributed by atoms with Gasteiger partial charge in [0.25, 0.3) is 0 Å². The molecule has 1 heterocycles. The summed E-state index contributed by atoms with van der Waals surface area (Å²) in [5.41, 5.74) is 4.43. The molecule has 34 heavy (non-hydrogen) atoms. The summed E-state index contributed by atoms with van der Waals surface area (Å²) in [7, 11) is 0. The van der Waals surface area contributed by atoms with Crippen molar-refractivity contribution in [2.24, 2.45) is 0 Å². The van der Waals surface area contributed by atoms with Gasteiger partial charge in [-0.05, 0) is 28.3 Å². The maximum Gasteiger partial charge on any atom is 0.407 e. The zero-order valence-electron chi connectivity index (χ0n) is 18.0. The third-order valence-electron chi connectivity index (χ3n) is 5.53. The monoisotopic (exact) mass is 455 g/mol. The van der Waals surface area contributed by atoms with Crippen molar-refractivity contribution < 1.29 is 24.2 Å². The first kappa shape index (κ1) is 22.6. The number of carbonyl (C=O) groups is 3. The molecule has 170 valence electrons. The van der Waals surface area contributed by atoms with Crippen molar-refractivity contribution in [3.05, 3.63) is 83.7 Å². The van der Waals surface area contributed by atoms with Gasteiger partial charge in [-0.25, -0.2) is 9.59 Å². The molecule has 1 aromatic heterocycles. The highest BCUT2D eigenvalue weighted by atomic mass is 16.5. The first-order valence-electron chi connectivity index (χ1n) is 10.5. The van der Waals surface area contributed by atoms with E-state index in [1.807, 2.05) is 48.5 Å². The van der Waals surface area contributed by atoms with E-state index in [4.69, 9.17) is 16.3 Å². The maximum absolute atomic E-state index is 12.7. The number of alkyl carbamates (subject to hydrolysis) is 1. The molecule has 0 aliphatic heterocycles. The van der Waals surface area contributed by atoms with Crippen molar-refractivity contribution in [2.75, 3.05) is 11.9 Å². The van der Waals surface area contributed by atoms with E-state index in [-0.39, 0.29) is 30.2 Å². The van der Waals surface area contributed by atoms with Gasteiger partial charge in [0.1, 0.15) is 12.6 Å². The summed E-state index contributed by atoms with van der Waals surface area (Å²) >= 11 is 0. The number of nitrogens with one attached hydrogen (secondary N) is 2. The number of nitrogens with zero attached hydrogens (tertiary/aromatic N) is 1. The Hall–Kier alpha value is -4.64. The molecule has 0 radical (unpaired) electrons. The van der Waals surface area contributed by atoms with E-state index in [0.717, 1.165) is 28.5 Å². The number of anilines is 1. The van der Waals surface area contributed by atoms with Crippen LogP contribution in [0.15, 0.2) is 67.0 Å². The van der Waals surface area contributed by atoms with Crippen molar-refractivity contribution in [3.8, 4) is 23.5 Å². The van der Waals surface area contributed by atoms with Crippen LogP contribution in [0.4, 0.5) is 10.5 Å². The number of terminal acetylenes is 1. The first-order valence-corrected chi connectivity index (χ1v) is 10.5. The molecule has 2 amide bonds. The SMILES string of the molecule is C#CCC(NC(=O)OCC1c2ccccc2-c2ccccc21)C(=O)Nc1cncc(C(=O)O)c1. The Bertz CT molecular complexity index is 1250. The average Bonchev–Trinajstić information content (AvgIpc) is 3.16. The minimum Gasteiger partial charge on any atom is -0.478 e. The van der Waals surface area contributed by atoms with Gasteiger partial charge in [-0.1, -0.05) is 48.5 Å². The van der Waals surface area contributed by atoms with Gasteiger partial charge in [0, 0.05) is 18.5 Å². The van der Waals surface area contributed by atoms with E-state index >= 15 is 0 Å². The van der Waals surface area contributed by atoms with Crippen LogP contribution in [0.2, 0.25) is 0 Å². The minimum absolute atomic E-state index is 0.0813. The van der Waals surface area contributed by atoms with Crippen molar-refractivity contribution in [1.29, 1.82) is 0 Å². The lowest BCUT2D eigenvalue weighted by Gasteiger charge is -2.18. The highest BCUT2D eigenvalue weighted by molar-refractivity contribution is 5.97. The molecule has 1 atom stereocenters. The number of carboxylic acids is 1. The van der Waals surface area contributed by atoms with Crippen LogP contribution in [0, 0.1) is 12.3 Å². The van der Waals surface area contributed by atoms with Crippen molar-refractivity contribution in [3.63, 3.8) is 0 Å². The van der Waals surface area contributed by atoms with Crippen LogP contribution in [0.3, 0.4) is 0 Å². The molecule has 1 unspecified atom stereocenters. The highest BCUT2D eigenvalue weighted by Crippen LogP contribution is 2.44. The second-order valence-electron chi connectivity index (χ2n) is 7.69. The van der Waals surface area contributed by atoms with E-state index in [1.54, 1.807) is 0 Å². The summed E-state index contributed by atoms with van der Waals surface area (Å²) in [6.45, 7) is 0.0921. The molecule has 0 saturated heterocycles. The standard InChI is InChI=1S/C26H21N3O5/c1-2-7-23(24(30)28-17-12-16(25(31)32)13-27-14-17)29-26(33)34-15-22-20-10-5-3-8-18(20)19-9-4-6-11-21(19)22/h1,3-6,8-14,22-23H,7,15H2,(H,28,30)(H,29,33)(H,31,32). The number of carboxylic acid groups (broad SMARTS) is 1. The molecule has 8 nitrogen and oxygen atoms in total. The number of fused-ring (bicyclic) bond motifs is 3. The van der Waals surface area contributed by atoms with Gasteiger partial charge in [-0.15, -0.1) is 12.3 Å². The third-order valence-corrected chi connectivity index (χ3v) is 5.53. The third kappa shape index (κ3) is 4.74. The second kappa shape index (κ2) is 9.88. The van der Waals surface area contributed by atoms with E-state index in [9.17, 15) is 14.4 Å². The number of ether oxygens (including phenoxy) is 1. The van der Waals surface area contributed by atoms with Crippen LogP contribution in [-0.2, 0) is 9.53 Å². The number of aromatic carboxylic acids is 1. The first-order chi connectivity index (χ1) is 16.5. The zero-order valence-corrected chi connectivity index (χ0v) is 18.0. The van der Waals surface area contributed by atoms with Crippen molar-refractivity contribution in [2.45, 2.75) is 18.4 Å². The summed E-state index contributed by atoms with van der Waals surface area (Å²) in [5.74, 6) is 0.434. The summed E-state index contributed by atoms with van der Waals surface area (Å²) in [5, 5.41) is 14.1. The van der Waals surface area contributed by atoms with Gasteiger partial charge >= 0.3 is 12.1 Å². The molecule has 8 heteroatoms. The Morgan fingerprint density at radius 1 is 1.06 bits per heavy atom. The van der Waals surface area contributed by atoms with Gasteiger partial charge in [0.2, 0.25) is 5.91 Å². The summed E-state index contributed by atoms with van der Waals surface area (Å²) in [6.07, 6.45) is 6.96. The van der Waals surface area contributed by atoms with Gasteiger partial charge < -0.3 is 20.5 Å². The summed E-state index contributed by atoms with van der Waals surface area (Å²) in [4.78, 5) is 40.1. The lowest BCUT2D eigenvalue weighted by molar-refractivity contribution is -0.118. The number of pyridine rings is 1. The Balaban J connectivity index is 1.41. The number of benzene rings is 2. The van der Waals surface area contributed by atoms with E-state index < -0.39 is 24.0 Å². The fraction of sp³-hybridized carbons (Fsp3) is 0.154. The largest absolute Gasteiger partial charge is 0.478 e. The van der Waals surface area contributed by atoms with Gasteiger partial charge in [-0.3, -0.25) is 9.78 Å². The van der Waals surface area contributed by atoms with Crippen LogP contribution in [0.5, 0.6) is 0 Å². The number of hydrogen-bond donors (Lipinski definition) is 3. The Labute approximate surface area is 196 Å². The Kier molecular flexibility index (Phi) is 6.55. The van der Waals surface area contributed by atoms with Crippen LogP contribution in [0.25, 0.3) is 11.1 Å². The van der Waals surface area contributed by atoms with E-state index in [1.165, 1.54) is 12.3 Å². The summed E-state index contributed by atoms with van der Waals surface area (Å²) in [6, 6.07) is 16.1. The fourth-order valence-corrected chi connectivity index (χ4v) is 3.96. The predicted octanol–water partition coefficient (Wildman–Crippen LogP) is 3.65. The summed E-state index contributed by atoms with van der Waals surface area (Å²) < 4.78 is 5.48. The zero-order chi connectivity index (χ0) is 24.1.